The van der Waals surface area contributed by atoms with E-state index in [1.807, 2.05) is 30.3 Å². The Bertz CT molecular complexity index is 912. The number of nitrogens with one attached hydrogen (secondary N) is 1. The lowest BCUT2D eigenvalue weighted by Crippen LogP contribution is -2.33. The summed E-state index contributed by atoms with van der Waals surface area (Å²) in [6.07, 6.45) is 7.27. The average molecular weight is 347 g/mol. The fourth-order valence-electron chi connectivity index (χ4n) is 3.23. The summed E-state index contributed by atoms with van der Waals surface area (Å²) < 4.78 is 0. The Balaban J connectivity index is 1.50. The zero-order valence-electron chi connectivity index (χ0n) is 14.7. The number of rotatable bonds is 3. The highest BCUT2D eigenvalue weighted by Gasteiger charge is 2.18. The molecule has 0 aliphatic carbocycles. The van der Waals surface area contributed by atoms with Gasteiger partial charge in [-0.2, -0.15) is 0 Å². The molecule has 26 heavy (non-hydrogen) atoms. The van der Waals surface area contributed by atoms with Gasteiger partial charge >= 0.3 is 0 Å². The highest BCUT2D eigenvalue weighted by atomic mass is 16.1. The van der Waals surface area contributed by atoms with Crippen LogP contribution in [-0.2, 0) is 0 Å². The van der Waals surface area contributed by atoms with E-state index in [0.717, 1.165) is 48.6 Å². The summed E-state index contributed by atoms with van der Waals surface area (Å²) in [6, 6.07) is 9.54. The number of hydrogen-bond donors (Lipinski definition) is 1. The lowest BCUT2D eigenvalue weighted by Gasteiger charge is -2.30. The number of aromatic nitrogens is 3. The maximum absolute atomic E-state index is 12.5. The maximum atomic E-state index is 12.5. The largest absolute Gasteiger partial charge is 0.355 e. The van der Waals surface area contributed by atoms with Gasteiger partial charge in [-0.25, -0.2) is 9.97 Å². The van der Waals surface area contributed by atoms with Crippen molar-refractivity contribution >= 4 is 28.3 Å². The zero-order valence-corrected chi connectivity index (χ0v) is 14.7. The second kappa shape index (κ2) is 7.07. The Morgan fingerprint density at radius 1 is 1.08 bits per heavy atom. The molecule has 2 aromatic heterocycles. The molecule has 1 fully saturated rings. The minimum Gasteiger partial charge on any atom is -0.355 e. The van der Waals surface area contributed by atoms with Crippen molar-refractivity contribution in [1.82, 2.24) is 15.0 Å². The van der Waals surface area contributed by atoms with Crippen LogP contribution in [0.4, 0.5) is 11.5 Å². The molecule has 1 aliphatic heterocycles. The summed E-state index contributed by atoms with van der Waals surface area (Å²) in [5.41, 5.74) is 1.73. The molecule has 4 rings (SSSR count). The first-order valence-electron chi connectivity index (χ1n) is 8.93. The number of piperidine rings is 1. The predicted molar refractivity (Wildman–Crippen MR) is 102 cm³/mol. The van der Waals surface area contributed by atoms with Crippen LogP contribution < -0.4 is 10.2 Å². The fraction of sp³-hybridized carbons (Fsp3) is 0.300. The van der Waals surface area contributed by atoms with Crippen molar-refractivity contribution in [3.8, 4) is 0 Å². The Morgan fingerprint density at radius 3 is 2.65 bits per heavy atom. The Kier molecular flexibility index (Phi) is 4.48. The molecular formula is C20H21N5O. The number of amides is 1. The molecule has 0 spiro atoms. The van der Waals surface area contributed by atoms with E-state index >= 15 is 0 Å². The quantitative estimate of drug-likeness (QED) is 0.785. The van der Waals surface area contributed by atoms with Crippen molar-refractivity contribution in [2.75, 3.05) is 23.3 Å². The molecule has 0 saturated carbocycles. The van der Waals surface area contributed by atoms with Gasteiger partial charge in [0, 0.05) is 24.7 Å². The van der Waals surface area contributed by atoms with Crippen LogP contribution in [0.3, 0.4) is 0 Å². The van der Waals surface area contributed by atoms with Crippen LogP contribution >= 0.6 is 0 Å². The fourth-order valence-corrected chi connectivity index (χ4v) is 3.23. The van der Waals surface area contributed by atoms with Gasteiger partial charge in [-0.3, -0.25) is 9.78 Å². The molecule has 0 unspecified atom stereocenters. The first kappa shape index (κ1) is 16.4. The third kappa shape index (κ3) is 3.35. The lowest BCUT2D eigenvalue weighted by molar-refractivity contribution is 0.102. The first-order chi connectivity index (χ1) is 12.7. The predicted octanol–water partition coefficient (Wildman–Crippen LogP) is 3.51. The lowest BCUT2D eigenvalue weighted by atomic mass is 9.99. The smallest absolute Gasteiger partial charge is 0.275 e. The number of fused-ring (bicyclic) bond motifs is 1. The van der Waals surface area contributed by atoms with E-state index < -0.39 is 0 Å². The van der Waals surface area contributed by atoms with Gasteiger partial charge in [0.25, 0.3) is 5.91 Å². The van der Waals surface area contributed by atoms with Gasteiger partial charge in [-0.1, -0.05) is 25.1 Å². The normalized spacial score (nSPS) is 15.2. The van der Waals surface area contributed by atoms with Gasteiger partial charge in [-0.05, 0) is 30.9 Å². The minimum atomic E-state index is -0.283. The number of para-hydroxylation sites is 1. The summed E-state index contributed by atoms with van der Waals surface area (Å²) in [7, 11) is 0. The molecule has 1 amide bonds. The van der Waals surface area contributed by atoms with Gasteiger partial charge in [0.1, 0.15) is 11.5 Å². The Morgan fingerprint density at radius 2 is 1.88 bits per heavy atom. The molecule has 6 nitrogen and oxygen atoms in total. The van der Waals surface area contributed by atoms with Gasteiger partial charge < -0.3 is 10.2 Å². The monoisotopic (exact) mass is 347 g/mol. The van der Waals surface area contributed by atoms with Crippen LogP contribution in [0.2, 0.25) is 0 Å². The third-order valence-corrected chi connectivity index (χ3v) is 4.86. The molecule has 132 valence electrons. The topological polar surface area (TPSA) is 71.0 Å². The van der Waals surface area contributed by atoms with E-state index in [2.05, 4.69) is 32.1 Å². The first-order valence-corrected chi connectivity index (χ1v) is 8.93. The van der Waals surface area contributed by atoms with E-state index in [-0.39, 0.29) is 5.91 Å². The molecule has 3 aromatic rings. The summed E-state index contributed by atoms with van der Waals surface area (Å²) in [6.45, 7) is 4.25. The van der Waals surface area contributed by atoms with Crippen molar-refractivity contribution in [3.05, 3.63) is 54.6 Å². The van der Waals surface area contributed by atoms with Gasteiger partial charge in [0.2, 0.25) is 0 Å². The molecule has 1 aliphatic rings. The van der Waals surface area contributed by atoms with E-state index in [1.165, 1.54) is 0 Å². The van der Waals surface area contributed by atoms with E-state index in [0.29, 0.717) is 11.4 Å². The number of pyridine rings is 1. The van der Waals surface area contributed by atoms with Gasteiger partial charge in [-0.15, -0.1) is 0 Å². The van der Waals surface area contributed by atoms with Crippen molar-refractivity contribution in [2.45, 2.75) is 19.8 Å². The highest BCUT2D eigenvalue weighted by molar-refractivity contribution is 6.07. The minimum absolute atomic E-state index is 0.283. The number of benzene rings is 1. The molecule has 1 aromatic carbocycles. The van der Waals surface area contributed by atoms with Crippen LogP contribution in [0.15, 0.2) is 48.9 Å². The molecule has 6 heteroatoms. The van der Waals surface area contributed by atoms with Crippen LogP contribution in [0.25, 0.3) is 10.9 Å². The van der Waals surface area contributed by atoms with Crippen molar-refractivity contribution < 1.29 is 4.79 Å². The number of carbonyl (C=O) groups excluding carboxylic acids is 1. The Labute approximate surface area is 152 Å². The van der Waals surface area contributed by atoms with E-state index in [1.54, 1.807) is 18.6 Å². The van der Waals surface area contributed by atoms with Crippen molar-refractivity contribution in [3.63, 3.8) is 0 Å². The molecule has 0 radical (unpaired) electrons. The highest BCUT2D eigenvalue weighted by Crippen LogP contribution is 2.22. The molecular weight excluding hydrogens is 326 g/mol. The van der Waals surface area contributed by atoms with Crippen LogP contribution in [0.1, 0.15) is 30.3 Å². The van der Waals surface area contributed by atoms with Crippen molar-refractivity contribution in [1.29, 1.82) is 0 Å². The van der Waals surface area contributed by atoms with Crippen LogP contribution in [0.5, 0.6) is 0 Å². The van der Waals surface area contributed by atoms with Crippen molar-refractivity contribution in [2.24, 2.45) is 5.92 Å². The van der Waals surface area contributed by atoms with E-state index in [4.69, 9.17) is 0 Å². The number of nitrogens with zero attached hydrogens (tertiary/aromatic N) is 4. The van der Waals surface area contributed by atoms with Crippen LogP contribution in [-0.4, -0.2) is 33.9 Å². The summed E-state index contributed by atoms with van der Waals surface area (Å²) in [5.74, 6) is 1.31. The summed E-state index contributed by atoms with van der Waals surface area (Å²) >= 11 is 0. The number of carbonyl (C=O) groups is 1. The molecule has 0 atom stereocenters. The molecule has 1 N–H and O–H groups in total. The zero-order chi connectivity index (χ0) is 17.9. The SMILES string of the molecule is CC1CCN(c2cnc(C(=O)Nc3cccc4cccnc34)cn2)CC1. The van der Waals surface area contributed by atoms with Gasteiger partial charge in [0.05, 0.1) is 23.6 Å². The molecule has 0 bridgehead atoms. The van der Waals surface area contributed by atoms with E-state index in [9.17, 15) is 4.79 Å². The molecule has 1 saturated heterocycles. The maximum Gasteiger partial charge on any atom is 0.275 e. The average Bonchev–Trinajstić information content (AvgIpc) is 2.69. The Hall–Kier alpha value is -3.02. The molecule has 3 heterocycles. The summed E-state index contributed by atoms with van der Waals surface area (Å²) in [4.78, 5) is 27.9. The second-order valence-electron chi connectivity index (χ2n) is 6.76. The number of hydrogen-bond acceptors (Lipinski definition) is 5. The standard InChI is InChI=1S/C20H21N5O/c1-14-7-10-25(11-8-14)18-13-22-17(12-23-18)20(26)24-16-6-2-4-15-5-3-9-21-19(15)16/h2-6,9,12-14H,7-8,10-11H2,1H3,(H,24,26). The van der Waals surface area contributed by atoms with Gasteiger partial charge in [0.15, 0.2) is 0 Å². The van der Waals surface area contributed by atoms with Crippen LogP contribution in [0, 0.1) is 5.92 Å². The summed E-state index contributed by atoms with van der Waals surface area (Å²) in [5, 5.41) is 3.87. The third-order valence-electron chi connectivity index (χ3n) is 4.86. The number of anilines is 2. The second-order valence-corrected chi connectivity index (χ2v) is 6.76.